The molecule has 202 valence electrons. The summed E-state index contributed by atoms with van der Waals surface area (Å²) < 4.78 is 7.62. The third-order valence-electron chi connectivity index (χ3n) is 8.45. The number of piperidine rings is 1. The molecule has 39 heavy (non-hydrogen) atoms. The summed E-state index contributed by atoms with van der Waals surface area (Å²) in [5.74, 6) is 0.468. The fourth-order valence-electron chi connectivity index (χ4n) is 6.28. The number of hydrogen-bond acceptors (Lipinski definition) is 3. The van der Waals surface area contributed by atoms with Crippen molar-refractivity contribution in [3.63, 3.8) is 0 Å². The molecule has 1 aliphatic heterocycles. The van der Waals surface area contributed by atoms with Gasteiger partial charge in [0.05, 0.1) is 5.92 Å². The molecule has 5 heteroatoms. The fraction of sp³-hybridized carbons (Fsp3) is 0.382. The molecule has 1 amide bonds. The van der Waals surface area contributed by atoms with E-state index >= 15 is 0 Å². The Morgan fingerprint density at radius 2 is 1.77 bits per heavy atom. The number of fused-ring (bicyclic) bond motifs is 1. The van der Waals surface area contributed by atoms with E-state index in [2.05, 4.69) is 99.8 Å². The standard InChI is InChI=1S/C34H39N3O2/c1-39-20-8-19-36-23-28(31-13-5-6-14-33(31)36)24-37(29-15-16-29)34(38)32-22-35-18-17-30(32)27-12-7-11-26(21-27)25-9-3-2-4-10-25/h2-7,9-14,21,23,29-30,32,35H,8,15-20,22,24H2,1H3/t30-,32+/m1/s1. The fourth-order valence-corrected chi connectivity index (χ4v) is 6.28. The van der Waals surface area contributed by atoms with Crippen molar-refractivity contribution < 1.29 is 9.53 Å². The lowest BCUT2D eigenvalue weighted by atomic mass is 9.79. The predicted molar refractivity (Wildman–Crippen MR) is 158 cm³/mol. The van der Waals surface area contributed by atoms with Crippen molar-refractivity contribution in [2.45, 2.75) is 50.7 Å². The summed E-state index contributed by atoms with van der Waals surface area (Å²) in [6.07, 6.45) is 6.42. The molecule has 2 atom stereocenters. The van der Waals surface area contributed by atoms with Crippen LogP contribution in [0.15, 0.2) is 85.1 Å². The first-order valence-corrected chi connectivity index (χ1v) is 14.4. The highest BCUT2D eigenvalue weighted by Gasteiger charge is 2.40. The van der Waals surface area contributed by atoms with Gasteiger partial charge in [-0.15, -0.1) is 0 Å². The Morgan fingerprint density at radius 3 is 2.59 bits per heavy atom. The molecule has 1 N–H and O–H groups in total. The Morgan fingerprint density at radius 1 is 0.974 bits per heavy atom. The number of para-hydroxylation sites is 1. The van der Waals surface area contributed by atoms with E-state index in [0.717, 1.165) is 51.9 Å². The molecular weight excluding hydrogens is 482 g/mol. The second-order valence-electron chi connectivity index (χ2n) is 11.1. The first kappa shape index (κ1) is 25.8. The molecule has 0 bridgehead atoms. The zero-order valence-electron chi connectivity index (χ0n) is 22.9. The van der Waals surface area contributed by atoms with Crippen LogP contribution in [0.5, 0.6) is 0 Å². The molecule has 0 radical (unpaired) electrons. The predicted octanol–water partition coefficient (Wildman–Crippen LogP) is 6.23. The van der Waals surface area contributed by atoms with Crippen LogP contribution in [0.3, 0.4) is 0 Å². The summed E-state index contributed by atoms with van der Waals surface area (Å²) in [5.41, 5.74) is 6.20. The number of nitrogens with zero attached hydrogens (tertiary/aromatic N) is 2. The minimum atomic E-state index is -0.0552. The number of carbonyl (C=O) groups is 1. The number of carbonyl (C=O) groups excluding carboxylic acids is 1. The Kier molecular flexibility index (Phi) is 7.80. The van der Waals surface area contributed by atoms with Gasteiger partial charge in [-0.3, -0.25) is 4.79 Å². The molecule has 0 unspecified atom stereocenters. The van der Waals surface area contributed by atoms with Gasteiger partial charge in [-0.25, -0.2) is 0 Å². The minimum Gasteiger partial charge on any atom is -0.385 e. The topological polar surface area (TPSA) is 46.5 Å². The lowest BCUT2D eigenvalue weighted by Gasteiger charge is -2.36. The SMILES string of the molecule is COCCCn1cc(CN(C(=O)[C@H]2CNCC[C@@H]2c2cccc(-c3ccccc3)c2)C2CC2)c2ccccc21. The number of benzene rings is 3. The van der Waals surface area contributed by atoms with E-state index in [1.807, 2.05) is 0 Å². The summed E-state index contributed by atoms with van der Waals surface area (Å²) in [4.78, 5) is 16.5. The van der Waals surface area contributed by atoms with E-state index in [1.54, 1.807) is 7.11 Å². The molecule has 3 aromatic carbocycles. The Balaban J connectivity index is 1.27. The van der Waals surface area contributed by atoms with Crippen molar-refractivity contribution in [1.82, 2.24) is 14.8 Å². The highest BCUT2D eigenvalue weighted by molar-refractivity contribution is 5.86. The van der Waals surface area contributed by atoms with Gasteiger partial charge in [-0.1, -0.05) is 72.8 Å². The highest BCUT2D eigenvalue weighted by Crippen LogP contribution is 2.38. The Hall–Kier alpha value is -3.41. The summed E-state index contributed by atoms with van der Waals surface area (Å²) in [6, 6.07) is 28.3. The average molecular weight is 522 g/mol. The smallest absolute Gasteiger partial charge is 0.228 e. The largest absolute Gasteiger partial charge is 0.385 e. The van der Waals surface area contributed by atoms with Gasteiger partial charge in [0.2, 0.25) is 5.91 Å². The molecule has 1 aliphatic carbocycles. The van der Waals surface area contributed by atoms with Crippen molar-refractivity contribution in [2.24, 2.45) is 5.92 Å². The van der Waals surface area contributed by atoms with Gasteiger partial charge in [0, 0.05) is 56.5 Å². The summed E-state index contributed by atoms with van der Waals surface area (Å²) in [7, 11) is 1.75. The van der Waals surface area contributed by atoms with E-state index in [0.29, 0.717) is 18.5 Å². The van der Waals surface area contributed by atoms with Crippen molar-refractivity contribution in [1.29, 1.82) is 0 Å². The van der Waals surface area contributed by atoms with Crippen LogP contribution in [-0.2, 0) is 22.6 Å². The maximum Gasteiger partial charge on any atom is 0.228 e. The molecule has 6 rings (SSSR count). The van der Waals surface area contributed by atoms with Crippen LogP contribution in [0, 0.1) is 5.92 Å². The second-order valence-corrected chi connectivity index (χ2v) is 11.1. The number of amides is 1. The zero-order chi connectivity index (χ0) is 26.6. The van der Waals surface area contributed by atoms with Gasteiger partial charge in [0.25, 0.3) is 0 Å². The van der Waals surface area contributed by atoms with Gasteiger partial charge in [0.1, 0.15) is 0 Å². The molecule has 2 aliphatic rings. The molecule has 2 fully saturated rings. The molecule has 1 saturated carbocycles. The van der Waals surface area contributed by atoms with Gasteiger partial charge in [-0.05, 0) is 66.5 Å². The van der Waals surface area contributed by atoms with E-state index in [1.165, 1.54) is 33.2 Å². The normalized spacial score (nSPS) is 19.3. The van der Waals surface area contributed by atoms with Crippen LogP contribution in [-0.4, -0.2) is 48.2 Å². The van der Waals surface area contributed by atoms with Crippen LogP contribution in [0.2, 0.25) is 0 Å². The number of aromatic nitrogens is 1. The quantitative estimate of drug-likeness (QED) is 0.252. The van der Waals surface area contributed by atoms with Gasteiger partial charge < -0.3 is 19.5 Å². The van der Waals surface area contributed by atoms with Crippen molar-refractivity contribution in [2.75, 3.05) is 26.8 Å². The van der Waals surface area contributed by atoms with Crippen molar-refractivity contribution in [3.05, 3.63) is 96.2 Å². The van der Waals surface area contributed by atoms with E-state index in [-0.39, 0.29) is 11.8 Å². The molecular formula is C34H39N3O2. The van der Waals surface area contributed by atoms with E-state index in [9.17, 15) is 4.79 Å². The van der Waals surface area contributed by atoms with Crippen LogP contribution in [0.25, 0.3) is 22.0 Å². The van der Waals surface area contributed by atoms with Gasteiger partial charge >= 0.3 is 0 Å². The first-order chi connectivity index (χ1) is 19.2. The number of ether oxygens (including phenoxy) is 1. The minimum absolute atomic E-state index is 0.0552. The number of nitrogens with one attached hydrogen (secondary N) is 1. The second kappa shape index (κ2) is 11.8. The van der Waals surface area contributed by atoms with Gasteiger partial charge in [-0.2, -0.15) is 0 Å². The zero-order valence-corrected chi connectivity index (χ0v) is 22.9. The van der Waals surface area contributed by atoms with E-state index in [4.69, 9.17) is 4.74 Å². The van der Waals surface area contributed by atoms with Gasteiger partial charge in [0.15, 0.2) is 0 Å². The Bertz CT molecular complexity index is 1410. The molecule has 1 aromatic heterocycles. The molecule has 5 nitrogen and oxygen atoms in total. The Labute approximate surface area is 231 Å². The highest BCUT2D eigenvalue weighted by atomic mass is 16.5. The number of methoxy groups -OCH3 is 1. The maximum atomic E-state index is 14.3. The van der Waals surface area contributed by atoms with E-state index < -0.39 is 0 Å². The number of aryl methyl sites for hydroxylation is 1. The summed E-state index contributed by atoms with van der Waals surface area (Å²) in [6.45, 7) is 4.02. The molecule has 4 aromatic rings. The van der Waals surface area contributed by atoms with Crippen molar-refractivity contribution >= 4 is 16.8 Å². The summed E-state index contributed by atoms with van der Waals surface area (Å²) in [5, 5.41) is 4.79. The van der Waals surface area contributed by atoms with Crippen LogP contribution in [0.4, 0.5) is 0 Å². The van der Waals surface area contributed by atoms with Crippen molar-refractivity contribution in [3.8, 4) is 11.1 Å². The third-order valence-corrected chi connectivity index (χ3v) is 8.45. The maximum absolute atomic E-state index is 14.3. The van der Waals surface area contributed by atoms with Crippen LogP contribution >= 0.6 is 0 Å². The van der Waals surface area contributed by atoms with Crippen LogP contribution < -0.4 is 5.32 Å². The van der Waals surface area contributed by atoms with Crippen LogP contribution in [0.1, 0.15) is 42.7 Å². The third kappa shape index (κ3) is 5.66. The first-order valence-electron chi connectivity index (χ1n) is 14.4. The molecule has 2 heterocycles. The number of hydrogen-bond donors (Lipinski definition) is 1. The average Bonchev–Trinajstić information content (AvgIpc) is 3.78. The lowest BCUT2D eigenvalue weighted by molar-refractivity contribution is -0.138. The summed E-state index contributed by atoms with van der Waals surface area (Å²) >= 11 is 0. The lowest BCUT2D eigenvalue weighted by Crippen LogP contribution is -2.47. The molecule has 0 spiro atoms. The molecule has 1 saturated heterocycles. The number of rotatable bonds is 10. The monoisotopic (exact) mass is 521 g/mol.